The van der Waals surface area contributed by atoms with Crippen molar-refractivity contribution in [1.29, 1.82) is 0 Å². The van der Waals surface area contributed by atoms with E-state index < -0.39 is 12.0 Å². The van der Waals surface area contributed by atoms with Gasteiger partial charge < -0.3 is 15.3 Å². The van der Waals surface area contributed by atoms with Crippen LogP contribution in [-0.4, -0.2) is 48.7 Å². The van der Waals surface area contributed by atoms with Gasteiger partial charge in [-0.25, -0.2) is 0 Å². The van der Waals surface area contributed by atoms with Crippen LogP contribution in [0.2, 0.25) is 0 Å². The van der Waals surface area contributed by atoms with Crippen molar-refractivity contribution in [3.8, 4) is 0 Å². The van der Waals surface area contributed by atoms with Crippen molar-refractivity contribution in [3.63, 3.8) is 0 Å². The van der Waals surface area contributed by atoms with Crippen LogP contribution in [0.15, 0.2) is 0 Å². The zero-order valence-corrected chi connectivity index (χ0v) is 9.70. The number of hydrogen-bond acceptors (Lipinski definition) is 3. The van der Waals surface area contributed by atoms with E-state index >= 15 is 0 Å². The third-order valence-corrected chi connectivity index (χ3v) is 3.21. The van der Waals surface area contributed by atoms with Gasteiger partial charge in [0.15, 0.2) is 0 Å². The predicted molar refractivity (Wildman–Crippen MR) is 59.9 cm³/mol. The van der Waals surface area contributed by atoms with E-state index in [0.717, 1.165) is 18.9 Å². The smallest absolute Gasteiger partial charge is 0.320 e. The maximum absolute atomic E-state index is 10.6. The number of aliphatic carboxylic acids is 1. The Morgan fingerprint density at radius 1 is 1.53 bits per heavy atom. The van der Waals surface area contributed by atoms with Crippen molar-refractivity contribution in [2.45, 2.75) is 32.2 Å². The van der Waals surface area contributed by atoms with Gasteiger partial charge in [0, 0.05) is 0 Å². The van der Waals surface area contributed by atoms with E-state index in [-0.39, 0.29) is 0 Å². The third kappa shape index (κ3) is 4.62. The Kier molecular flexibility index (Phi) is 5.05. The maximum atomic E-state index is 10.6. The molecule has 0 bridgehead atoms. The van der Waals surface area contributed by atoms with E-state index in [2.05, 4.69) is 17.3 Å². The number of carboxylic acids is 1. The fraction of sp³-hybridized carbons (Fsp3) is 0.909. The molecule has 0 amide bonds. The Labute approximate surface area is 91.6 Å². The van der Waals surface area contributed by atoms with Crippen molar-refractivity contribution in [1.82, 2.24) is 10.2 Å². The molecule has 1 atom stereocenters. The van der Waals surface area contributed by atoms with E-state index in [1.54, 1.807) is 6.92 Å². The molecular weight excluding hydrogens is 192 g/mol. The highest BCUT2D eigenvalue weighted by molar-refractivity contribution is 5.72. The molecule has 4 nitrogen and oxygen atoms in total. The summed E-state index contributed by atoms with van der Waals surface area (Å²) in [5, 5.41) is 11.7. The van der Waals surface area contributed by atoms with Gasteiger partial charge in [-0.1, -0.05) is 0 Å². The number of likely N-dealkylation sites (tertiary alicyclic amines) is 1. The first-order chi connectivity index (χ1) is 7.09. The van der Waals surface area contributed by atoms with Crippen molar-refractivity contribution >= 4 is 5.97 Å². The van der Waals surface area contributed by atoms with Gasteiger partial charge in [0.1, 0.15) is 6.04 Å². The minimum atomic E-state index is -0.765. The lowest BCUT2D eigenvalue weighted by Gasteiger charge is -2.29. The van der Waals surface area contributed by atoms with E-state index in [1.165, 1.54) is 25.9 Å². The molecule has 0 aromatic carbocycles. The maximum Gasteiger partial charge on any atom is 0.320 e. The fourth-order valence-corrected chi connectivity index (χ4v) is 1.94. The van der Waals surface area contributed by atoms with Gasteiger partial charge in [-0.2, -0.15) is 0 Å². The van der Waals surface area contributed by atoms with Crippen LogP contribution in [0.4, 0.5) is 0 Å². The molecule has 1 rings (SSSR count). The minimum Gasteiger partial charge on any atom is -0.480 e. The highest BCUT2D eigenvalue weighted by atomic mass is 16.4. The number of nitrogens with one attached hydrogen (secondary N) is 1. The second kappa shape index (κ2) is 6.08. The molecule has 1 heterocycles. The van der Waals surface area contributed by atoms with Crippen LogP contribution in [0.25, 0.3) is 0 Å². The van der Waals surface area contributed by atoms with Crippen LogP contribution in [0.3, 0.4) is 0 Å². The summed E-state index contributed by atoms with van der Waals surface area (Å²) >= 11 is 0. The van der Waals surface area contributed by atoms with E-state index in [0.29, 0.717) is 0 Å². The van der Waals surface area contributed by atoms with Crippen LogP contribution >= 0.6 is 0 Å². The standard InChI is InChI=1S/C11H22N2O2/c1-9(11(14)15)12-6-3-10-4-7-13(2)8-5-10/h9-10,12H,3-8H2,1-2H3,(H,14,15). The Hall–Kier alpha value is -0.610. The Morgan fingerprint density at radius 2 is 2.13 bits per heavy atom. The molecule has 0 aliphatic carbocycles. The SMILES string of the molecule is CC(NCCC1CCN(C)CC1)C(=O)O. The van der Waals surface area contributed by atoms with Crippen LogP contribution in [-0.2, 0) is 4.79 Å². The summed E-state index contributed by atoms with van der Waals surface area (Å²) in [6.07, 6.45) is 3.60. The monoisotopic (exact) mass is 214 g/mol. The highest BCUT2D eigenvalue weighted by Gasteiger charge is 2.17. The predicted octanol–water partition coefficient (Wildman–Crippen LogP) is 0.781. The summed E-state index contributed by atoms with van der Waals surface area (Å²) in [7, 11) is 2.15. The van der Waals surface area contributed by atoms with Crippen molar-refractivity contribution < 1.29 is 9.90 Å². The van der Waals surface area contributed by atoms with Crippen LogP contribution in [0, 0.1) is 5.92 Å². The normalized spacial score (nSPS) is 21.5. The lowest BCUT2D eigenvalue weighted by molar-refractivity contribution is -0.139. The van der Waals surface area contributed by atoms with Gasteiger partial charge in [-0.05, 0) is 58.8 Å². The molecule has 1 aliphatic heterocycles. The topological polar surface area (TPSA) is 52.6 Å². The number of carboxylic acid groups (broad SMARTS) is 1. The lowest BCUT2D eigenvalue weighted by Crippen LogP contribution is -2.36. The minimum absolute atomic E-state index is 0.420. The lowest BCUT2D eigenvalue weighted by atomic mass is 9.94. The average Bonchev–Trinajstić information content (AvgIpc) is 2.20. The van der Waals surface area contributed by atoms with Crippen LogP contribution in [0.5, 0.6) is 0 Å². The first kappa shape index (κ1) is 12.5. The fourth-order valence-electron chi connectivity index (χ4n) is 1.94. The summed E-state index contributed by atoms with van der Waals surface area (Å²) in [6.45, 7) is 4.87. The largest absolute Gasteiger partial charge is 0.480 e. The molecule has 0 saturated carbocycles. The Bertz CT molecular complexity index is 201. The van der Waals surface area contributed by atoms with Crippen molar-refractivity contribution in [3.05, 3.63) is 0 Å². The second-order valence-corrected chi connectivity index (χ2v) is 4.55. The molecular formula is C11H22N2O2. The van der Waals surface area contributed by atoms with Crippen LogP contribution in [0.1, 0.15) is 26.2 Å². The molecule has 2 N–H and O–H groups in total. The van der Waals surface area contributed by atoms with Crippen molar-refractivity contribution in [2.75, 3.05) is 26.7 Å². The molecule has 1 aliphatic rings. The molecule has 0 aromatic rings. The van der Waals surface area contributed by atoms with Gasteiger partial charge in [0.25, 0.3) is 0 Å². The molecule has 1 unspecified atom stereocenters. The molecule has 0 aromatic heterocycles. The number of hydrogen-bond donors (Lipinski definition) is 2. The highest BCUT2D eigenvalue weighted by Crippen LogP contribution is 2.18. The van der Waals surface area contributed by atoms with Gasteiger partial charge in [0.2, 0.25) is 0 Å². The summed E-state index contributed by atoms with van der Waals surface area (Å²) in [6, 6.07) is -0.420. The van der Waals surface area contributed by atoms with Gasteiger partial charge in [-0.15, -0.1) is 0 Å². The average molecular weight is 214 g/mol. The summed E-state index contributed by atoms with van der Waals surface area (Å²) in [4.78, 5) is 12.9. The quantitative estimate of drug-likeness (QED) is 0.710. The zero-order chi connectivity index (χ0) is 11.3. The van der Waals surface area contributed by atoms with Gasteiger partial charge >= 0.3 is 5.97 Å². The number of carbonyl (C=O) groups is 1. The number of rotatable bonds is 5. The molecule has 88 valence electrons. The molecule has 0 spiro atoms. The Morgan fingerprint density at radius 3 is 2.67 bits per heavy atom. The molecule has 0 radical (unpaired) electrons. The zero-order valence-electron chi connectivity index (χ0n) is 9.70. The van der Waals surface area contributed by atoms with Crippen LogP contribution < -0.4 is 5.32 Å². The third-order valence-electron chi connectivity index (χ3n) is 3.21. The molecule has 1 fully saturated rings. The van der Waals surface area contributed by atoms with E-state index in [9.17, 15) is 4.79 Å². The first-order valence-corrected chi connectivity index (χ1v) is 5.74. The number of nitrogens with zero attached hydrogens (tertiary/aromatic N) is 1. The molecule has 4 heteroatoms. The summed E-state index contributed by atoms with van der Waals surface area (Å²) in [5.41, 5.74) is 0. The Balaban J connectivity index is 2.07. The van der Waals surface area contributed by atoms with Gasteiger partial charge in [0.05, 0.1) is 0 Å². The number of piperidine rings is 1. The molecule has 1 saturated heterocycles. The summed E-state index contributed by atoms with van der Waals surface area (Å²) < 4.78 is 0. The summed E-state index contributed by atoms with van der Waals surface area (Å²) in [5.74, 6) is 0.00747. The van der Waals surface area contributed by atoms with Crippen molar-refractivity contribution in [2.24, 2.45) is 5.92 Å². The van der Waals surface area contributed by atoms with E-state index in [4.69, 9.17) is 5.11 Å². The van der Waals surface area contributed by atoms with E-state index in [1.807, 2.05) is 0 Å². The molecule has 15 heavy (non-hydrogen) atoms. The second-order valence-electron chi connectivity index (χ2n) is 4.55. The first-order valence-electron chi connectivity index (χ1n) is 5.74. The van der Waals surface area contributed by atoms with Gasteiger partial charge in [-0.3, -0.25) is 4.79 Å².